The van der Waals surface area contributed by atoms with E-state index < -0.39 is 11.6 Å². The number of halogens is 2. The molecule has 1 aromatic rings. The lowest BCUT2D eigenvalue weighted by Crippen LogP contribution is -2.29. The highest BCUT2D eigenvalue weighted by Crippen LogP contribution is 2.25. The minimum atomic E-state index is -0.542. The SMILES string of the molecule is Cc1cc(C(CCC(C)C)NN)c(F)cc1F. The van der Waals surface area contributed by atoms with E-state index in [1.807, 2.05) is 0 Å². The van der Waals surface area contributed by atoms with Gasteiger partial charge in [0.25, 0.3) is 0 Å². The molecule has 0 aromatic heterocycles. The second kappa shape index (κ2) is 6.07. The van der Waals surface area contributed by atoms with Crippen LogP contribution in [0.25, 0.3) is 0 Å². The summed E-state index contributed by atoms with van der Waals surface area (Å²) in [6.45, 7) is 5.81. The van der Waals surface area contributed by atoms with Crippen molar-refractivity contribution in [3.05, 3.63) is 34.9 Å². The van der Waals surface area contributed by atoms with Gasteiger partial charge in [0.05, 0.1) is 0 Å². The van der Waals surface area contributed by atoms with Gasteiger partial charge in [-0.2, -0.15) is 0 Å². The molecule has 1 aromatic carbocycles. The smallest absolute Gasteiger partial charge is 0.130 e. The molecule has 0 radical (unpaired) electrons. The number of aryl methyl sites for hydroxylation is 1. The Bertz CT molecular complexity index is 378. The molecule has 3 N–H and O–H groups in total. The molecular weight excluding hydrogens is 222 g/mol. The van der Waals surface area contributed by atoms with Gasteiger partial charge in [-0.3, -0.25) is 11.3 Å². The van der Waals surface area contributed by atoms with Crippen molar-refractivity contribution in [2.45, 2.75) is 39.7 Å². The third kappa shape index (κ3) is 3.75. The number of hydrazine groups is 1. The molecule has 0 amide bonds. The Morgan fingerprint density at radius 3 is 2.35 bits per heavy atom. The first-order chi connectivity index (χ1) is 7.95. The fraction of sp³-hybridized carbons (Fsp3) is 0.538. The van der Waals surface area contributed by atoms with Crippen LogP contribution < -0.4 is 11.3 Å². The minimum absolute atomic E-state index is 0.267. The van der Waals surface area contributed by atoms with Crippen LogP contribution in [0.1, 0.15) is 43.9 Å². The second-order valence-electron chi connectivity index (χ2n) is 4.81. The molecule has 1 atom stereocenters. The lowest BCUT2D eigenvalue weighted by atomic mass is 9.96. The average Bonchev–Trinajstić information content (AvgIpc) is 2.25. The van der Waals surface area contributed by atoms with Crippen LogP contribution >= 0.6 is 0 Å². The summed E-state index contributed by atoms with van der Waals surface area (Å²) in [7, 11) is 0. The van der Waals surface area contributed by atoms with Gasteiger partial charge < -0.3 is 0 Å². The average molecular weight is 242 g/mol. The maximum absolute atomic E-state index is 13.7. The predicted octanol–water partition coefficient (Wildman–Crippen LogP) is 3.21. The van der Waals surface area contributed by atoms with Crippen LogP contribution in [0.3, 0.4) is 0 Å². The van der Waals surface area contributed by atoms with E-state index >= 15 is 0 Å². The number of nitrogens with two attached hydrogens (primary N) is 1. The van der Waals surface area contributed by atoms with Crippen molar-refractivity contribution >= 4 is 0 Å². The largest absolute Gasteiger partial charge is 0.271 e. The Balaban J connectivity index is 2.91. The minimum Gasteiger partial charge on any atom is -0.271 e. The second-order valence-corrected chi connectivity index (χ2v) is 4.81. The molecule has 0 aliphatic heterocycles. The zero-order valence-electron chi connectivity index (χ0n) is 10.6. The Labute approximate surface area is 101 Å². The molecule has 1 unspecified atom stereocenters. The Morgan fingerprint density at radius 1 is 1.18 bits per heavy atom. The first kappa shape index (κ1) is 14.1. The summed E-state index contributed by atoms with van der Waals surface area (Å²) in [5, 5.41) is 0. The predicted molar refractivity (Wildman–Crippen MR) is 65.2 cm³/mol. The molecule has 0 spiro atoms. The third-order valence-electron chi connectivity index (χ3n) is 2.89. The highest BCUT2D eigenvalue weighted by molar-refractivity contribution is 5.28. The molecule has 96 valence electrons. The number of benzene rings is 1. The quantitative estimate of drug-likeness (QED) is 0.614. The summed E-state index contributed by atoms with van der Waals surface area (Å²) < 4.78 is 26.8. The van der Waals surface area contributed by atoms with Gasteiger partial charge in [-0.05, 0) is 37.3 Å². The van der Waals surface area contributed by atoms with Crippen LogP contribution in [0, 0.1) is 24.5 Å². The maximum atomic E-state index is 13.7. The molecule has 0 aliphatic rings. The molecule has 4 heteroatoms. The number of rotatable bonds is 5. The van der Waals surface area contributed by atoms with Crippen molar-refractivity contribution < 1.29 is 8.78 Å². The lowest BCUT2D eigenvalue weighted by molar-refractivity contribution is 0.431. The van der Waals surface area contributed by atoms with E-state index in [1.54, 1.807) is 6.92 Å². The van der Waals surface area contributed by atoms with E-state index in [0.29, 0.717) is 17.0 Å². The molecule has 0 fully saturated rings. The van der Waals surface area contributed by atoms with E-state index in [-0.39, 0.29) is 6.04 Å². The van der Waals surface area contributed by atoms with Gasteiger partial charge >= 0.3 is 0 Å². The van der Waals surface area contributed by atoms with Crippen LogP contribution in [0.5, 0.6) is 0 Å². The lowest BCUT2D eigenvalue weighted by Gasteiger charge is -2.18. The van der Waals surface area contributed by atoms with Crippen LogP contribution in [0.2, 0.25) is 0 Å². The summed E-state index contributed by atoms with van der Waals surface area (Å²) >= 11 is 0. The molecule has 17 heavy (non-hydrogen) atoms. The van der Waals surface area contributed by atoms with Gasteiger partial charge in [-0.25, -0.2) is 8.78 Å². The van der Waals surface area contributed by atoms with Gasteiger partial charge in [0.1, 0.15) is 11.6 Å². The van der Waals surface area contributed by atoms with Crippen LogP contribution in [-0.4, -0.2) is 0 Å². The first-order valence-electron chi connectivity index (χ1n) is 5.87. The zero-order chi connectivity index (χ0) is 13.0. The Morgan fingerprint density at radius 2 is 1.82 bits per heavy atom. The Kier molecular flexibility index (Phi) is 5.02. The van der Waals surface area contributed by atoms with Crippen LogP contribution in [0.15, 0.2) is 12.1 Å². The highest BCUT2D eigenvalue weighted by atomic mass is 19.1. The number of hydrogen-bond acceptors (Lipinski definition) is 2. The number of hydrogen-bond donors (Lipinski definition) is 2. The summed E-state index contributed by atoms with van der Waals surface area (Å²) in [5.41, 5.74) is 3.47. The van der Waals surface area contributed by atoms with Crippen LogP contribution in [-0.2, 0) is 0 Å². The summed E-state index contributed by atoms with van der Waals surface area (Å²) in [4.78, 5) is 0. The van der Waals surface area contributed by atoms with Gasteiger partial charge in [0, 0.05) is 17.7 Å². The maximum Gasteiger partial charge on any atom is 0.130 e. The van der Waals surface area contributed by atoms with Gasteiger partial charge in [0.15, 0.2) is 0 Å². The molecule has 0 bridgehead atoms. The monoisotopic (exact) mass is 242 g/mol. The highest BCUT2D eigenvalue weighted by Gasteiger charge is 2.16. The van der Waals surface area contributed by atoms with Gasteiger partial charge in [0.2, 0.25) is 0 Å². The molecular formula is C13H20F2N2. The molecule has 0 aliphatic carbocycles. The van der Waals surface area contributed by atoms with E-state index in [2.05, 4.69) is 19.3 Å². The molecule has 2 nitrogen and oxygen atoms in total. The van der Waals surface area contributed by atoms with Gasteiger partial charge in [-0.15, -0.1) is 0 Å². The first-order valence-corrected chi connectivity index (χ1v) is 5.87. The topological polar surface area (TPSA) is 38.0 Å². The molecule has 0 heterocycles. The summed E-state index contributed by atoms with van der Waals surface area (Å²) in [6.07, 6.45) is 1.67. The van der Waals surface area contributed by atoms with Crippen molar-refractivity contribution in [2.24, 2.45) is 11.8 Å². The fourth-order valence-corrected chi connectivity index (χ4v) is 1.78. The van der Waals surface area contributed by atoms with Crippen molar-refractivity contribution in [2.75, 3.05) is 0 Å². The molecule has 0 saturated carbocycles. The van der Waals surface area contributed by atoms with E-state index in [0.717, 1.165) is 18.9 Å². The summed E-state index contributed by atoms with van der Waals surface area (Å²) in [5.74, 6) is 4.90. The molecule has 0 saturated heterocycles. The fourth-order valence-electron chi connectivity index (χ4n) is 1.78. The Hall–Kier alpha value is -1.00. The van der Waals surface area contributed by atoms with Crippen LogP contribution in [0.4, 0.5) is 8.78 Å². The third-order valence-corrected chi connectivity index (χ3v) is 2.89. The van der Waals surface area contributed by atoms with E-state index in [9.17, 15) is 8.78 Å². The number of nitrogens with one attached hydrogen (secondary N) is 1. The van der Waals surface area contributed by atoms with Crippen molar-refractivity contribution in [3.63, 3.8) is 0 Å². The summed E-state index contributed by atoms with van der Waals surface area (Å²) in [6, 6.07) is 2.18. The molecule has 1 rings (SSSR count). The van der Waals surface area contributed by atoms with E-state index in [4.69, 9.17) is 5.84 Å². The normalized spacial score (nSPS) is 13.1. The standard InChI is InChI=1S/C13H20F2N2/c1-8(2)4-5-13(17-16)10-6-9(3)11(14)7-12(10)15/h6-8,13,17H,4-5,16H2,1-3H3. The van der Waals surface area contributed by atoms with Crippen molar-refractivity contribution in [1.29, 1.82) is 0 Å². The van der Waals surface area contributed by atoms with Crippen molar-refractivity contribution in [3.8, 4) is 0 Å². The van der Waals surface area contributed by atoms with Gasteiger partial charge in [-0.1, -0.05) is 13.8 Å². The van der Waals surface area contributed by atoms with Crippen molar-refractivity contribution in [1.82, 2.24) is 5.43 Å². The van der Waals surface area contributed by atoms with E-state index in [1.165, 1.54) is 6.07 Å². The zero-order valence-corrected chi connectivity index (χ0v) is 10.6.